The first-order valence-corrected chi connectivity index (χ1v) is 17.7. The lowest BCUT2D eigenvalue weighted by Gasteiger charge is -2.34. The maximum absolute atomic E-state index is 14.6. The van der Waals surface area contributed by atoms with Gasteiger partial charge in [0.05, 0.1) is 34.8 Å². The summed E-state index contributed by atoms with van der Waals surface area (Å²) in [6.07, 6.45) is 0.779. The maximum Gasteiger partial charge on any atom is 0.264 e. The van der Waals surface area contributed by atoms with E-state index in [0.29, 0.717) is 22.8 Å². The lowest BCUT2D eigenvalue weighted by molar-refractivity contribution is -0.140. The molecule has 9 nitrogen and oxygen atoms in total. The number of nitrogens with zero attached hydrogens (tertiary/aromatic N) is 2. The summed E-state index contributed by atoms with van der Waals surface area (Å²) in [6.45, 7) is 2.95. The molecule has 0 aliphatic carbocycles. The average Bonchev–Trinajstić information content (AvgIpc) is 3.10. The van der Waals surface area contributed by atoms with Crippen molar-refractivity contribution in [3.63, 3.8) is 0 Å². The number of anilines is 1. The molecule has 4 aromatic rings. The molecular formula is C36H38Cl2FN3O6S. The molecule has 260 valence electrons. The third kappa shape index (κ3) is 9.44. The zero-order chi connectivity index (χ0) is 35.7. The zero-order valence-corrected chi connectivity index (χ0v) is 29.9. The number of nitrogens with one attached hydrogen (secondary N) is 1. The maximum atomic E-state index is 14.6. The fraction of sp³-hybridized carbons (Fsp3) is 0.278. The molecular weight excluding hydrogens is 692 g/mol. The third-order valence-electron chi connectivity index (χ3n) is 7.95. The van der Waals surface area contributed by atoms with Crippen molar-refractivity contribution in [3.8, 4) is 11.5 Å². The molecule has 0 aliphatic rings. The van der Waals surface area contributed by atoms with Gasteiger partial charge in [0.15, 0.2) is 11.5 Å². The predicted octanol–water partition coefficient (Wildman–Crippen LogP) is 6.90. The number of sulfonamides is 1. The largest absolute Gasteiger partial charge is 0.493 e. The van der Waals surface area contributed by atoms with Gasteiger partial charge in [0.1, 0.15) is 18.4 Å². The molecule has 0 unspecified atom stereocenters. The number of rotatable bonds is 15. The molecule has 0 bridgehead atoms. The minimum absolute atomic E-state index is 0.0303. The first kappa shape index (κ1) is 37.5. The van der Waals surface area contributed by atoms with Crippen LogP contribution in [-0.4, -0.2) is 58.0 Å². The van der Waals surface area contributed by atoms with Crippen molar-refractivity contribution in [1.82, 2.24) is 10.2 Å². The van der Waals surface area contributed by atoms with Crippen LogP contribution in [0.3, 0.4) is 0 Å². The van der Waals surface area contributed by atoms with Crippen molar-refractivity contribution >= 4 is 50.7 Å². The predicted molar refractivity (Wildman–Crippen MR) is 189 cm³/mol. The van der Waals surface area contributed by atoms with Crippen LogP contribution < -0.4 is 19.1 Å². The van der Waals surface area contributed by atoms with Crippen molar-refractivity contribution < 1.29 is 31.9 Å². The Balaban J connectivity index is 1.84. The molecule has 2 atom stereocenters. The van der Waals surface area contributed by atoms with Crippen LogP contribution in [0, 0.1) is 5.82 Å². The van der Waals surface area contributed by atoms with E-state index >= 15 is 0 Å². The molecule has 49 heavy (non-hydrogen) atoms. The standard InChI is InChI=1S/C36H38Cl2FN3O6S/c1-5-24(2)40-36(44)32(20-25-9-7-6-8-10-25)41(22-26-11-17-30(37)31(38)19-26)35(43)23-42(28-14-12-27(39)13-15-28)49(45,46)29-16-18-33(47-3)34(21-29)48-4/h6-19,21,24,32H,5,20,22-23H2,1-4H3,(H,40,44)/t24-,32+/m1/s1. The highest BCUT2D eigenvalue weighted by atomic mass is 35.5. The first-order valence-electron chi connectivity index (χ1n) is 15.5. The summed E-state index contributed by atoms with van der Waals surface area (Å²) in [6, 6.07) is 21.6. The summed E-state index contributed by atoms with van der Waals surface area (Å²) in [5.74, 6) is -1.25. The van der Waals surface area contributed by atoms with E-state index in [4.69, 9.17) is 32.7 Å². The molecule has 4 rings (SSSR count). The van der Waals surface area contributed by atoms with Gasteiger partial charge in [-0.05, 0) is 73.0 Å². The van der Waals surface area contributed by atoms with E-state index in [1.165, 1.54) is 49.5 Å². The van der Waals surface area contributed by atoms with E-state index in [2.05, 4.69) is 5.32 Å². The van der Waals surface area contributed by atoms with Crippen LogP contribution in [0.5, 0.6) is 11.5 Å². The van der Waals surface area contributed by atoms with Gasteiger partial charge in [0, 0.05) is 25.1 Å². The van der Waals surface area contributed by atoms with Gasteiger partial charge in [-0.2, -0.15) is 0 Å². The van der Waals surface area contributed by atoms with Crippen molar-refractivity contribution in [2.24, 2.45) is 0 Å². The summed E-state index contributed by atoms with van der Waals surface area (Å²) in [5.41, 5.74) is 1.38. The lowest BCUT2D eigenvalue weighted by Crippen LogP contribution is -2.54. The van der Waals surface area contributed by atoms with E-state index in [1.54, 1.807) is 18.2 Å². The second-order valence-corrected chi connectivity index (χ2v) is 14.0. The fourth-order valence-corrected chi connectivity index (χ4v) is 6.82. The normalized spacial score (nSPS) is 12.5. The van der Waals surface area contributed by atoms with Crippen molar-refractivity contribution in [2.45, 2.75) is 50.2 Å². The molecule has 2 amide bonds. The van der Waals surface area contributed by atoms with Crippen LogP contribution in [0.4, 0.5) is 10.1 Å². The number of ether oxygens (including phenoxy) is 2. The molecule has 0 fully saturated rings. The molecule has 0 saturated heterocycles. The van der Waals surface area contributed by atoms with Gasteiger partial charge in [0.2, 0.25) is 11.8 Å². The van der Waals surface area contributed by atoms with Crippen LogP contribution in [0.25, 0.3) is 0 Å². The monoisotopic (exact) mass is 729 g/mol. The highest BCUT2D eigenvalue weighted by molar-refractivity contribution is 7.92. The number of halogens is 3. The van der Waals surface area contributed by atoms with Gasteiger partial charge in [-0.1, -0.05) is 66.5 Å². The van der Waals surface area contributed by atoms with Gasteiger partial charge in [-0.15, -0.1) is 0 Å². The zero-order valence-electron chi connectivity index (χ0n) is 27.5. The number of hydrogen-bond donors (Lipinski definition) is 1. The Morgan fingerprint density at radius 3 is 2.14 bits per heavy atom. The Bertz CT molecular complexity index is 1860. The Kier molecular flexibility index (Phi) is 12.9. The van der Waals surface area contributed by atoms with Gasteiger partial charge in [0.25, 0.3) is 10.0 Å². The molecule has 13 heteroatoms. The molecule has 0 aliphatic heterocycles. The highest BCUT2D eigenvalue weighted by Gasteiger charge is 2.35. The first-order chi connectivity index (χ1) is 23.4. The smallest absolute Gasteiger partial charge is 0.264 e. The van der Waals surface area contributed by atoms with Crippen LogP contribution in [0.15, 0.2) is 95.9 Å². The lowest BCUT2D eigenvalue weighted by atomic mass is 10.0. The van der Waals surface area contributed by atoms with E-state index in [0.717, 1.165) is 22.0 Å². The Morgan fingerprint density at radius 1 is 0.857 bits per heavy atom. The molecule has 0 radical (unpaired) electrons. The Hall–Kier alpha value is -4.32. The second kappa shape index (κ2) is 16.9. The molecule has 1 N–H and O–H groups in total. The van der Waals surface area contributed by atoms with E-state index < -0.39 is 40.2 Å². The average molecular weight is 731 g/mol. The molecule has 0 heterocycles. The minimum atomic E-state index is -4.48. The van der Waals surface area contributed by atoms with Crippen molar-refractivity contribution in [2.75, 3.05) is 25.1 Å². The minimum Gasteiger partial charge on any atom is -0.493 e. The summed E-state index contributed by atoms with van der Waals surface area (Å²) in [4.78, 5) is 29.7. The number of benzene rings is 4. The molecule has 0 spiro atoms. The van der Waals surface area contributed by atoms with E-state index in [1.807, 2.05) is 44.2 Å². The summed E-state index contributed by atoms with van der Waals surface area (Å²) in [7, 11) is -1.69. The molecule has 0 saturated carbocycles. The van der Waals surface area contributed by atoms with Gasteiger partial charge < -0.3 is 19.7 Å². The van der Waals surface area contributed by atoms with Crippen molar-refractivity contribution in [1.29, 1.82) is 0 Å². The van der Waals surface area contributed by atoms with Gasteiger partial charge in [-0.3, -0.25) is 13.9 Å². The van der Waals surface area contributed by atoms with E-state index in [-0.39, 0.29) is 40.4 Å². The topological polar surface area (TPSA) is 105 Å². The third-order valence-corrected chi connectivity index (χ3v) is 10.5. The second-order valence-electron chi connectivity index (χ2n) is 11.3. The van der Waals surface area contributed by atoms with Crippen LogP contribution in [-0.2, 0) is 32.6 Å². The van der Waals surface area contributed by atoms with Crippen LogP contribution >= 0.6 is 23.2 Å². The number of carbonyl (C=O) groups excluding carboxylic acids is 2. The van der Waals surface area contributed by atoms with Gasteiger partial charge >= 0.3 is 0 Å². The Morgan fingerprint density at radius 2 is 1.53 bits per heavy atom. The fourth-order valence-electron chi connectivity index (χ4n) is 5.07. The van der Waals surface area contributed by atoms with Gasteiger partial charge in [-0.25, -0.2) is 12.8 Å². The molecule has 0 aromatic heterocycles. The summed E-state index contributed by atoms with van der Waals surface area (Å²) >= 11 is 12.5. The quantitative estimate of drug-likeness (QED) is 0.143. The number of amides is 2. The summed E-state index contributed by atoms with van der Waals surface area (Å²) in [5, 5.41) is 3.54. The molecule has 4 aromatic carbocycles. The summed E-state index contributed by atoms with van der Waals surface area (Å²) < 4.78 is 54.2. The number of methoxy groups -OCH3 is 2. The van der Waals surface area contributed by atoms with Crippen molar-refractivity contribution in [3.05, 3.63) is 118 Å². The van der Waals surface area contributed by atoms with E-state index in [9.17, 15) is 22.4 Å². The number of hydrogen-bond acceptors (Lipinski definition) is 6. The van der Waals surface area contributed by atoms with Crippen LogP contribution in [0.1, 0.15) is 31.4 Å². The Labute approximate surface area is 296 Å². The number of carbonyl (C=O) groups is 2. The van der Waals surface area contributed by atoms with Crippen LogP contribution in [0.2, 0.25) is 10.0 Å². The SMILES string of the molecule is CC[C@@H](C)NC(=O)[C@H](Cc1ccccc1)N(Cc1ccc(Cl)c(Cl)c1)C(=O)CN(c1ccc(F)cc1)S(=O)(=O)c1ccc(OC)c(OC)c1. The highest BCUT2D eigenvalue weighted by Crippen LogP contribution is 2.33.